The molecule has 0 radical (unpaired) electrons. The number of ether oxygens (including phenoxy) is 2. The lowest BCUT2D eigenvalue weighted by Gasteiger charge is -2.29. The number of nitrogens with one attached hydrogen (secondary N) is 3. The van der Waals surface area contributed by atoms with Gasteiger partial charge in [-0.15, -0.1) is 0 Å². The van der Waals surface area contributed by atoms with E-state index in [0.29, 0.717) is 0 Å². The third-order valence-corrected chi connectivity index (χ3v) is 5.28. The molecule has 2 aromatic rings. The molecule has 0 saturated carbocycles. The van der Waals surface area contributed by atoms with Gasteiger partial charge in [0.1, 0.15) is 30.1 Å². The number of nitrogens with zero attached hydrogens (tertiary/aromatic N) is 3. The molecule has 15 heteroatoms. The number of carbonyl (C=O) groups excluding carboxylic acids is 3. The second kappa shape index (κ2) is 12.7. The van der Waals surface area contributed by atoms with Crippen LogP contribution in [0.5, 0.6) is 5.75 Å². The zero-order valence-electron chi connectivity index (χ0n) is 22.5. The van der Waals surface area contributed by atoms with Crippen LogP contribution in [-0.2, 0) is 20.9 Å². The molecule has 1 atom stereocenters. The molecule has 1 heterocycles. The average molecular weight is 549 g/mol. The van der Waals surface area contributed by atoms with Crippen LogP contribution in [0.25, 0.3) is 0 Å². The van der Waals surface area contributed by atoms with Gasteiger partial charge in [0.05, 0.1) is 18.1 Å². The summed E-state index contributed by atoms with van der Waals surface area (Å²) in [6, 6.07) is 3.07. The zero-order valence-corrected chi connectivity index (χ0v) is 22.5. The number of amides is 3. The highest BCUT2D eigenvalue weighted by molar-refractivity contribution is 5.96. The van der Waals surface area contributed by atoms with Gasteiger partial charge in [0, 0.05) is 24.3 Å². The van der Waals surface area contributed by atoms with E-state index < -0.39 is 64.5 Å². The van der Waals surface area contributed by atoms with E-state index in [9.17, 15) is 34.1 Å². The number of aromatic nitrogens is 2. The summed E-state index contributed by atoms with van der Waals surface area (Å²) in [6.45, 7) is 6.84. The molecule has 0 fully saturated rings. The van der Waals surface area contributed by atoms with Crippen LogP contribution < -0.4 is 26.6 Å². The van der Waals surface area contributed by atoms with Gasteiger partial charge < -0.3 is 25.0 Å². The number of alkyl carbamates (subject to hydrolysis) is 1. The van der Waals surface area contributed by atoms with E-state index in [4.69, 9.17) is 9.47 Å². The Morgan fingerprint density at radius 1 is 1.23 bits per heavy atom. The van der Waals surface area contributed by atoms with Crippen molar-refractivity contribution < 1.29 is 28.8 Å². The maximum absolute atomic E-state index is 13.2. The number of aryl methyl sites for hydroxylation is 1. The number of rotatable bonds is 10. The van der Waals surface area contributed by atoms with Crippen LogP contribution in [0.15, 0.2) is 34.0 Å². The normalized spacial score (nSPS) is 11.7. The summed E-state index contributed by atoms with van der Waals surface area (Å²) >= 11 is 0. The van der Waals surface area contributed by atoms with Crippen molar-refractivity contribution in [3.05, 3.63) is 60.9 Å². The molecule has 0 aliphatic rings. The van der Waals surface area contributed by atoms with Crippen LogP contribution in [-0.4, -0.2) is 69.1 Å². The van der Waals surface area contributed by atoms with Crippen LogP contribution in [0.1, 0.15) is 33.3 Å². The molecule has 3 amide bonds. The van der Waals surface area contributed by atoms with Crippen molar-refractivity contribution >= 4 is 29.3 Å². The molecule has 0 saturated heterocycles. The summed E-state index contributed by atoms with van der Waals surface area (Å²) in [5, 5.41) is 16.4. The highest BCUT2D eigenvalue weighted by atomic mass is 16.6. The van der Waals surface area contributed by atoms with Crippen LogP contribution in [0, 0.1) is 17.0 Å². The Labute approximate surface area is 223 Å². The second-order valence-electron chi connectivity index (χ2n) is 9.64. The smallest absolute Gasteiger partial charge is 0.407 e. The molecule has 0 aliphatic heterocycles. The summed E-state index contributed by atoms with van der Waals surface area (Å²) in [5.74, 6) is -1.26. The van der Waals surface area contributed by atoms with E-state index in [0.717, 1.165) is 15.5 Å². The van der Waals surface area contributed by atoms with E-state index in [2.05, 4.69) is 15.6 Å². The molecule has 3 N–H and O–H groups in total. The average Bonchev–Trinajstić information content (AvgIpc) is 2.83. The summed E-state index contributed by atoms with van der Waals surface area (Å²) in [5.41, 5.74) is -2.54. The molecule has 15 nitrogen and oxygen atoms in total. The Bertz CT molecular complexity index is 1360. The summed E-state index contributed by atoms with van der Waals surface area (Å²) in [6.07, 6.45) is 0.467. The maximum Gasteiger partial charge on any atom is 0.407 e. The van der Waals surface area contributed by atoms with Gasteiger partial charge in [0.15, 0.2) is 0 Å². The summed E-state index contributed by atoms with van der Waals surface area (Å²) < 4.78 is 11.2. The van der Waals surface area contributed by atoms with Gasteiger partial charge in [0.2, 0.25) is 11.8 Å². The van der Waals surface area contributed by atoms with Crippen molar-refractivity contribution in [2.24, 2.45) is 0 Å². The molecule has 0 aliphatic carbocycles. The first kappa shape index (κ1) is 30.5. The lowest BCUT2D eigenvalue weighted by Crippen LogP contribution is -2.50. The van der Waals surface area contributed by atoms with Crippen molar-refractivity contribution in [3.8, 4) is 5.75 Å². The number of methoxy groups -OCH3 is 1. The SMILES string of the molecule is COc1ccc(NC(=O)CN(C(=O)Cn2cc(C)c(=O)[nH]c2=O)C(C)CNC(=O)OC(C)(C)C)c([N+](=O)[O-])c1. The first-order valence-corrected chi connectivity index (χ1v) is 11.8. The van der Waals surface area contributed by atoms with Crippen LogP contribution in [0.3, 0.4) is 0 Å². The number of nitro benzene ring substituents is 1. The van der Waals surface area contributed by atoms with E-state index in [-0.39, 0.29) is 23.5 Å². The van der Waals surface area contributed by atoms with Gasteiger partial charge in [-0.1, -0.05) is 0 Å². The van der Waals surface area contributed by atoms with Crippen LogP contribution in [0.4, 0.5) is 16.2 Å². The molecule has 0 spiro atoms. The van der Waals surface area contributed by atoms with E-state index >= 15 is 0 Å². The molecular formula is C24H32N6O9. The first-order valence-electron chi connectivity index (χ1n) is 11.8. The lowest BCUT2D eigenvalue weighted by atomic mass is 10.2. The Morgan fingerprint density at radius 3 is 2.49 bits per heavy atom. The van der Waals surface area contributed by atoms with Gasteiger partial charge in [-0.3, -0.25) is 34.0 Å². The quantitative estimate of drug-likeness (QED) is 0.288. The van der Waals surface area contributed by atoms with Crippen LogP contribution >= 0.6 is 0 Å². The number of benzene rings is 1. The number of hydrogen-bond acceptors (Lipinski definition) is 9. The molecule has 212 valence electrons. The van der Waals surface area contributed by atoms with Crippen molar-refractivity contribution in [2.75, 3.05) is 25.5 Å². The molecule has 1 unspecified atom stereocenters. The van der Waals surface area contributed by atoms with Crippen molar-refractivity contribution in [2.45, 2.75) is 52.8 Å². The molecular weight excluding hydrogens is 516 g/mol. The Balaban J connectivity index is 2.28. The standard InChI is InChI=1S/C24H32N6O9/c1-14-11-28(22(34)27-21(14)33)13-20(32)29(15(2)10-25-23(35)39-24(3,4)5)12-19(31)26-17-8-7-16(38-6)9-18(17)30(36)37/h7-9,11,15H,10,12-13H2,1-6H3,(H,25,35)(H,26,31)(H,27,33,34). The Kier molecular flexibility index (Phi) is 9.95. The largest absolute Gasteiger partial charge is 0.496 e. The molecule has 1 aromatic carbocycles. The molecule has 0 bridgehead atoms. The Morgan fingerprint density at radius 2 is 1.90 bits per heavy atom. The minimum absolute atomic E-state index is 0.115. The van der Waals surface area contributed by atoms with E-state index in [1.165, 1.54) is 32.4 Å². The van der Waals surface area contributed by atoms with Gasteiger partial charge in [-0.2, -0.15) is 0 Å². The fourth-order valence-electron chi connectivity index (χ4n) is 3.36. The van der Waals surface area contributed by atoms with Crippen molar-refractivity contribution in [1.29, 1.82) is 0 Å². The minimum atomic E-state index is -0.822. The number of carbonyl (C=O) groups is 3. The van der Waals surface area contributed by atoms with Crippen molar-refractivity contribution in [1.82, 2.24) is 19.8 Å². The highest BCUT2D eigenvalue weighted by Gasteiger charge is 2.26. The van der Waals surface area contributed by atoms with Crippen molar-refractivity contribution in [3.63, 3.8) is 0 Å². The second-order valence-corrected chi connectivity index (χ2v) is 9.64. The van der Waals surface area contributed by atoms with Gasteiger partial charge in [-0.25, -0.2) is 9.59 Å². The van der Waals surface area contributed by atoms with E-state index in [1.807, 2.05) is 0 Å². The maximum atomic E-state index is 13.2. The number of nitro groups is 1. The van der Waals surface area contributed by atoms with Gasteiger partial charge in [-0.05, 0) is 46.8 Å². The fraction of sp³-hybridized carbons (Fsp3) is 0.458. The summed E-state index contributed by atoms with van der Waals surface area (Å²) in [4.78, 5) is 76.1. The lowest BCUT2D eigenvalue weighted by molar-refractivity contribution is -0.384. The van der Waals surface area contributed by atoms with Crippen LogP contribution in [0.2, 0.25) is 0 Å². The minimum Gasteiger partial charge on any atom is -0.496 e. The van der Waals surface area contributed by atoms with Gasteiger partial charge >= 0.3 is 11.8 Å². The first-order chi connectivity index (χ1) is 18.1. The third-order valence-electron chi connectivity index (χ3n) is 5.28. The predicted molar refractivity (Wildman–Crippen MR) is 140 cm³/mol. The Hall–Kier alpha value is -4.69. The molecule has 39 heavy (non-hydrogen) atoms. The predicted octanol–water partition coefficient (Wildman–Crippen LogP) is 1.14. The topological polar surface area (TPSA) is 195 Å². The molecule has 1 aromatic heterocycles. The summed E-state index contributed by atoms with van der Waals surface area (Å²) in [7, 11) is 1.34. The number of hydrogen-bond donors (Lipinski definition) is 3. The number of H-pyrrole nitrogens is 1. The monoisotopic (exact) mass is 548 g/mol. The number of anilines is 1. The highest BCUT2D eigenvalue weighted by Crippen LogP contribution is 2.29. The number of aromatic amines is 1. The third kappa shape index (κ3) is 8.98. The van der Waals surface area contributed by atoms with E-state index in [1.54, 1.807) is 27.7 Å². The molecule has 2 rings (SSSR count). The fourth-order valence-corrected chi connectivity index (χ4v) is 3.36. The van der Waals surface area contributed by atoms with Gasteiger partial charge in [0.25, 0.3) is 11.2 Å². The zero-order chi connectivity index (χ0) is 29.5.